The molecule has 1 heterocycles. The van der Waals surface area contributed by atoms with E-state index in [1.165, 1.54) is 7.11 Å². The highest BCUT2D eigenvalue weighted by molar-refractivity contribution is 7.92. The second-order valence-corrected chi connectivity index (χ2v) is 7.26. The molecule has 0 radical (unpaired) electrons. The highest BCUT2D eigenvalue weighted by Gasteiger charge is 2.21. The number of sulfonamides is 1. The summed E-state index contributed by atoms with van der Waals surface area (Å²) in [4.78, 5) is 13.8. The molecule has 0 aromatic heterocycles. The second-order valence-electron chi connectivity index (χ2n) is 5.42. The Bertz CT molecular complexity index is 643. The van der Waals surface area contributed by atoms with E-state index in [2.05, 4.69) is 4.72 Å². The van der Waals surface area contributed by atoms with E-state index in [1.807, 2.05) is 6.92 Å². The highest BCUT2D eigenvalue weighted by atomic mass is 32.2. The van der Waals surface area contributed by atoms with Gasteiger partial charge in [-0.1, -0.05) is 0 Å². The molecule has 0 spiro atoms. The lowest BCUT2D eigenvalue weighted by Crippen LogP contribution is -2.35. The molecule has 1 N–H and O–H groups in total. The van der Waals surface area contributed by atoms with Crippen LogP contribution in [0.5, 0.6) is 0 Å². The largest absolute Gasteiger partial charge is 0.384 e. The summed E-state index contributed by atoms with van der Waals surface area (Å²) in [5.41, 5.74) is 2.23. The summed E-state index contributed by atoms with van der Waals surface area (Å²) >= 11 is 0. The van der Waals surface area contributed by atoms with Crippen molar-refractivity contribution >= 4 is 27.3 Å². The fourth-order valence-electron chi connectivity index (χ4n) is 2.51. The van der Waals surface area contributed by atoms with Crippen molar-refractivity contribution < 1.29 is 17.9 Å². The summed E-state index contributed by atoms with van der Waals surface area (Å²) in [5, 5.41) is 0. The number of rotatable bonds is 6. The van der Waals surface area contributed by atoms with Gasteiger partial charge in [0.15, 0.2) is 0 Å². The molecule has 0 unspecified atom stereocenters. The number of anilines is 2. The summed E-state index contributed by atoms with van der Waals surface area (Å²) in [7, 11) is -1.96. The van der Waals surface area contributed by atoms with Gasteiger partial charge in [-0.25, -0.2) is 8.42 Å². The molecule has 1 aliphatic rings. The van der Waals surface area contributed by atoms with Crippen molar-refractivity contribution in [3.63, 3.8) is 0 Å². The zero-order valence-corrected chi connectivity index (χ0v) is 13.8. The van der Waals surface area contributed by atoms with Crippen LogP contribution in [0.2, 0.25) is 0 Å². The van der Waals surface area contributed by atoms with Gasteiger partial charge in [0.1, 0.15) is 0 Å². The standard InChI is InChI=1S/C15H22N2O4S/c1-12-11-13(16-22(19,20)10-9-21-2)6-7-14(12)17-8-4-3-5-15(17)18/h6-7,11,16H,3-5,8-10H2,1-2H3. The quantitative estimate of drug-likeness (QED) is 0.866. The first-order valence-electron chi connectivity index (χ1n) is 7.33. The Morgan fingerprint density at radius 2 is 2.09 bits per heavy atom. The van der Waals surface area contributed by atoms with Crippen LogP contribution in [-0.2, 0) is 19.6 Å². The number of nitrogens with zero attached hydrogens (tertiary/aromatic N) is 1. The molecular formula is C15H22N2O4S. The van der Waals surface area contributed by atoms with E-state index in [4.69, 9.17) is 4.74 Å². The number of amides is 1. The average molecular weight is 326 g/mol. The van der Waals surface area contributed by atoms with Crippen molar-refractivity contribution in [1.29, 1.82) is 0 Å². The molecule has 1 aromatic rings. The molecule has 1 aromatic carbocycles. The molecule has 0 saturated carbocycles. The SMILES string of the molecule is COCCS(=O)(=O)Nc1ccc(N2CCCCC2=O)c(C)c1. The van der Waals surface area contributed by atoms with Crippen LogP contribution in [0.4, 0.5) is 11.4 Å². The van der Waals surface area contributed by atoms with Gasteiger partial charge in [-0.05, 0) is 43.5 Å². The van der Waals surface area contributed by atoms with Crippen LogP contribution in [-0.4, -0.2) is 40.3 Å². The minimum absolute atomic E-state index is 0.0884. The van der Waals surface area contributed by atoms with Crippen LogP contribution in [0.15, 0.2) is 18.2 Å². The predicted octanol–water partition coefficient (Wildman–Crippen LogP) is 1.90. The van der Waals surface area contributed by atoms with Crippen molar-refractivity contribution in [2.45, 2.75) is 26.2 Å². The number of hydrogen-bond acceptors (Lipinski definition) is 4. The molecule has 122 valence electrons. The molecule has 1 amide bonds. The number of benzene rings is 1. The lowest BCUT2D eigenvalue weighted by atomic mass is 10.1. The fourth-order valence-corrected chi connectivity index (χ4v) is 3.48. The lowest BCUT2D eigenvalue weighted by Gasteiger charge is -2.28. The number of carbonyl (C=O) groups excluding carboxylic acids is 1. The number of ether oxygens (including phenoxy) is 1. The average Bonchev–Trinajstić information content (AvgIpc) is 2.46. The number of methoxy groups -OCH3 is 1. The van der Waals surface area contributed by atoms with Crippen molar-refractivity contribution in [2.24, 2.45) is 0 Å². The smallest absolute Gasteiger partial charge is 0.234 e. The van der Waals surface area contributed by atoms with Crippen LogP contribution < -0.4 is 9.62 Å². The molecule has 7 heteroatoms. The number of piperidine rings is 1. The lowest BCUT2D eigenvalue weighted by molar-refractivity contribution is -0.119. The van der Waals surface area contributed by atoms with Gasteiger partial charge >= 0.3 is 0 Å². The minimum atomic E-state index is -3.42. The summed E-state index contributed by atoms with van der Waals surface area (Å²) < 4.78 is 31.0. The van der Waals surface area contributed by atoms with Crippen LogP contribution in [0.1, 0.15) is 24.8 Å². The Hall–Kier alpha value is -1.60. The van der Waals surface area contributed by atoms with Gasteiger partial charge in [-0.15, -0.1) is 0 Å². The van der Waals surface area contributed by atoms with Crippen LogP contribution in [0.25, 0.3) is 0 Å². The number of aryl methyl sites for hydroxylation is 1. The Balaban J connectivity index is 2.14. The molecule has 0 bridgehead atoms. The Labute approximate surface area is 131 Å². The topological polar surface area (TPSA) is 75.7 Å². The summed E-state index contributed by atoms with van der Waals surface area (Å²) in [6, 6.07) is 5.24. The van der Waals surface area contributed by atoms with Crippen LogP contribution >= 0.6 is 0 Å². The van der Waals surface area contributed by atoms with E-state index in [1.54, 1.807) is 23.1 Å². The van der Waals surface area contributed by atoms with Crippen molar-refractivity contribution in [1.82, 2.24) is 0 Å². The van der Waals surface area contributed by atoms with Gasteiger partial charge in [-0.3, -0.25) is 9.52 Å². The molecule has 1 saturated heterocycles. The van der Waals surface area contributed by atoms with Gasteiger partial charge in [0.2, 0.25) is 15.9 Å². The minimum Gasteiger partial charge on any atom is -0.384 e. The predicted molar refractivity (Wildman–Crippen MR) is 86.7 cm³/mol. The van der Waals surface area contributed by atoms with E-state index < -0.39 is 10.0 Å². The zero-order chi connectivity index (χ0) is 16.2. The monoisotopic (exact) mass is 326 g/mol. The van der Waals surface area contributed by atoms with Crippen molar-refractivity contribution in [3.8, 4) is 0 Å². The van der Waals surface area contributed by atoms with E-state index in [-0.39, 0.29) is 18.3 Å². The van der Waals surface area contributed by atoms with E-state index in [0.717, 1.165) is 30.6 Å². The van der Waals surface area contributed by atoms with E-state index >= 15 is 0 Å². The number of hydrogen-bond donors (Lipinski definition) is 1. The molecule has 2 rings (SSSR count). The third-order valence-corrected chi connectivity index (χ3v) is 4.89. The van der Waals surface area contributed by atoms with Gasteiger partial charge in [0.25, 0.3) is 0 Å². The molecule has 1 fully saturated rings. The highest BCUT2D eigenvalue weighted by Crippen LogP contribution is 2.27. The maximum atomic E-state index is 12.0. The second kappa shape index (κ2) is 7.11. The Kier molecular flexibility index (Phi) is 5.42. The van der Waals surface area contributed by atoms with Crippen molar-refractivity contribution in [2.75, 3.05) is 35.6 Å². The normalized spacial score (nSPS) is 15.9. The van der Waals surface area contributed by atoms with Crippen LogP contribution in [0, 0.1) is 6.92 Å². The first-order chi connectivity index (χ1) is 10.4. The molecule has 0 atom stereocenters. The summed E-state index contributed by atoms with van der Waals surface area (Å²) in [6.45, 7) is 2.75. The first-order valence-corrected chi connectivity index (χ1v) is 8.98. The summed E-state index contributed by atoms with van der Waals surface area (Å²) in [6.07, 6.45) is 2.51. The molecular weight excluding hydrogens is 304 g/mol. The molecule has 1 aliphatic heterocycles. The van der Waals surface area contributed by atoms with Gasteiger partial charge in [-0.2, -0.15) is 0 Å². The number of carbonyl (C=O) groups is 1. The third kappa shape index (κ3) is 4.20. The molecule has 6 nitrogen and oxygen atoms in total. The third-order valence-electron chi connectivity index (χ3n) is 3.64. The van der Waals surface area contributed by atoms with Gasteiger partial charge < -0.3 is 9.64 Å². The number of nitrogens with one attached hydrogen (secondary N) is 1. The Morgan fingerprint density at radius 1 is 1.32 bits per heavy atom. The first kappa shape index (κ1) is 16.8. The Morgan fingerprint density at radius 3 is 2.73 bits per heavy atom. The summed E-state index contributed by atoms with van der Waals surface area (Å²) in [5.74, 6) is 0.0392. The molecule has 0 aliphatic carbocycles. The molecule has 22 heavy (non-hydrogen) atoms. The fraction of sp³-hybridized carbons (Fsp3) is 0.533. The van der Waals surface area contributed by atoms with Crippen LogP contribution in [0.3, 0.4) is 0 Å². The maximum absolute atomic E-state index is 12.0. The zero-order valence-electron chi connectivity index (χ0n) is 13.0. The maximum Gasteiger partial charge on any atom is 0.234 e. The van der Waals surface area contributed by atoms with E-state index in [9.17, 15) is 13.2 Å². The van der Waals surface area contributed by atoms with E-state index in [0.29, 0.717) is 12.1 Å². The van der Waals surface area contributed by atoms with Gasteiger partial charge in [0.05, 0.1) is 12.4 Å². The van der Waals surface area contributed by atoms with Crippen molar-refractivity contribution in [3.05, 3.63) is 23.8 Å². The van der Waals surface area contributed by atoms with Gasteiger partial charge in [0, 0.05) is 31.5 Å².